The third-order valence-corrected chi connectivity index (χ3v) is 5.74. The van der Waals surface area contributed by atoms with Gasteiger partial charge in [-0.2, -0.15) is 5.10 Å². The van der Waals surface area contributed by atoms with Crippen LogP contribution in [0.3, 0.4) is 0 Å². The number of unbranched alkanes of at least 4 members (excludes halogenated alkanes) is 1. The minimum Gasteiger partial charge on any atom is -0.379 e. The Morgan fingerprint density at radius 3 is 2.46 bits per heavy atom. The van der Waals surface area contributed by atoms with Crippen LogP contribution < -0.4 is 10.6 Å². The number of nitrogens with zero attached hydrogens (tertiary/aromatic N) is 5. The third-order valence-electron chi connectivity index (χ3n) is 5.74. The summed E-state index contributed by atoms with van der Waals surface area (Å²) in [7, 11) is 0. The van der Waals surface area contributed by atoms with E-state index in [0.717, 1.165) is 23.7 Å². The normalized spacial score (nSPS) is 12.1. The van der Waals surface area contributed by atoms with Gasteiger partial charge in [0.05, 0.1) is 45.2 Å². The highest BCUT2D eigenvalue weighted by Crippen LogP contribution is 2.22. The summed E-state index contributed by atoms with van der Waals surface area (Å²) in [4.78, 5) is 29.0. The number of benzene rings is 1. The summed E-state index contributed by atoms with van der Waals surface area (Å²) in [6, 6.07) is 6.83. The number of amides is 2. The largest absolute Gasteiger partial charge is 0.379 e. The maximum atomic E-state index is 13.3. The molecule has 12 nitrogen and oxygen atoms in total. The van der Waals surface area contributed by atoms with Crippen molar-refractivity contribution in [2.24, 2.45) is 10.5 Å². The first kappa shape index (κ1) is 31.8. The summed E-state index contributed by atoms with van der Waals surface area (Å²) >= 11 is 0. The van der Waals surface area contributed by atoms with Crippen LogP contribution in [0.15, 0.2) is 42.0 Å². The summed E-state index contributed by atoms with van der Waals surface area (Å²) in [5, 5.41) is 14.4. The number of nitrogens with one attached hydrogen (secondary N) is 2. The fourth-order valence-corrected chi connectivity index (χ4v) is 3.77. The molecule has 2 N–H and O–H groups in total. The lowest BCUT2D eigenvalue weighted by Crippen LogP contribution is -2.54. The van der Waals surface area contributed by atoms with Crippen molar-refractivity contribution in [2.45, 2.75) is 46.2 Å². The maximum Gasteiger partial charge on any atom is 0.273 e. The van der Waals surface area contributed by atoms with E-state index in [0.29, 0.717) is 65.0 Å². The zero-order valence-corrected chi connectivity index (χ0v) is 23.2. The van der Waals surface area contributed by atoms with Gasteiger partial charge < -0.3 is 24.8 Å². The van der Waals surface area contributed by atoms with E-state index in [-0.39, 0.29) is 11.8 Å². The molecule has 12 heteroatoms. The minimum atomic E-state index is -0.767. The molecule has 2 amide bonds. The van der Waals surface area contributed by atoms with Crippen molar-refractivity contribution in [3.63, 3.8) is 0 Å². The van der Waals surface area contributed by atoms with Crippen molar-refractivity contribution in [1.82, 2.24) is 20.4 Å². The van der Waals surface area contributed by atoms with Gasteiger partial charge in [-0.1, -0.05) is 50.2 Å². The number of azide groups is 1. The van der Waals surface area contributed by atoms with Crippen LogP contribution >= 0.6 is 0 Å². The van der Waals surface area contributed by atoms with E-state index in [4.69, 9.17) is 19.7 Å². The molecule has 0 spiro atoms. The molecule has 0 saturated carbocycles. The van der Waals surface area contributed by atoms with Gasteiger partial charge in [0.1, 0.15) is 6.04 Å². The molecule has 0 aliphatic heterocycles. The fraction of sp³-hybridized carbons (Fsp3) is 0.593. The molecule has 39 heavy (non-hydrogen) atoms. The van der Waals surface area contributed by atoms with E-state index in [1.54, 1.807) is 0 Å². The number of carbonyl (C=O) groups is 2. The molecule has 0 bridgehead atoms. The lowest BCUT2D eigenvalue weighted by molar-refractivity contribution is -0.125. The first-order valence-electron chi connectivity index (χ1n) is 13.2. The molecule has 1 aromatic carbocycles. The number of fused-ring (bicyclic) bond motifs is 1. The van der Waals surface area contributed by atoms with Crippen LogP contribution in [0.2, 0.25) is 0 Å². The second-order valence-corrected chi connectivity index (χ2v) is 9.87. The molecule has 0 unspecified atom stereocenters. The molecule has 0 saturated heterocycles. The number of aryl methyl sites for hydroxylation is 1. The SMILES string of the molecule is C=CCCCn1nc(C(=O)N[C@H](C(=O)NCCOCCOCCOCCN=[N+]=[N-])C(C)(C)C)c2ccccc21. The lowest BCUT2D eigenvalue weighted by Gasteiger charge is -2.30. The van der Waals surface area contributed by atoms with Crippen LogP contribution in [0.25, 0.3) is 21.3 Å². The van der Waals surface area contributed by atoms with Gasteiger partial charge >= 0.3 is 0 Å². The lowest BCUT2D eigenvalue weighted by atomic mass is 9.86. The number of ether oxygens (including phenoxy) is 3. The Labute approximate surface area is 229 Å². The Morgan fingerprint density at radius 1 is 1.13 bits per heavy atom. The van der Waals surface area contributed by atoms with E-state index in [9.17, 15) is 9.59 Å². The van der Waals surface area contributed by atoms with Gasteiger partial charge in [-0.15, -0.1) is 6.58 Å². The summed E-state index contributed by atoms with van der Waals surface area (Å²) in [6.07, 6.45) is 3.58. The number of carbonyl (C=O) groups excluding carboxylic acids is 2. The summed E-state index contributed by atoms with van der Waals surface area (Å²) in [6.45, 7) is 13.0. The molecule has 2 rings (SSSR count). The van der Waals surface area contributed by atoms with E-state index in [1.165, 1.54) is 0 Å². The minimum absolute atomic E-state index is 0.289. The molecule has 0 radical (unpaired) electrons. The molecule has 1 atom stereocenters. The zero-order valence-electron chi connectivity index (χ0n) is 23.2. The maximum absolute atomic E-state index is 13.3. The topological polar surface area (TPSA) is 152 Å². The van der Waals surface area contributed by atoms with Crippen LogP contribution in [-0.2, 0) is 25.5 Å². The first-order valence-corrected chi connectivity index (χ1v) is 13.2. The Bertz CT molecular complexity index is 1110. The van der Waals surface area contributed by atoms with Crippen LogP contribution in [0.5, 0.6) is 0 Å². The molecule has 214 valence electrons. The van der Waals surface area contributed by atoms with Gasteiger partial charge in [-0.3, -0.25) is 14.3 Å². The van der Waals surface area contributed by atoms with Gasteiger partial charge in [0, 0.05) is 29.9 Å². The van der Waals surface area contributed by atoms with Crippen molar-refractivity contribution in [3.05, 3.63) is 53.1 Å². The van der Waals surface area contributed by atoms with E-state index >= 15 is 0 Å². The zero-order chi connectivity index (χ0) is 28.5. The number of aromatic nitrogens is 2. The van der Waals surface area contributed by atoms with E-state index in [2.05, 4.69) is 32.3 Å². The Hall–Kier alpha value is -3.44. The molecule has 0 aliphatic carbocycles. The van der Waals surface area contributed by atoms with Crippen LogP contribution in [-0.4, -0.2) is 80.4 Å². The average Bonchev–Trinajstić information content (AvgIpc) is 3.28. The van der Waals surface area contributed by atoms with Gasteiger partial charge in [-0.25, -0.2) is 0 Å². The Kier molecular flexibility index (Phi) is 14.0. The van der Waals surface area contributed by atoms with Gasteiger partial charge in [0.2, 0.25) is 5.91 Å². The predicted octanol–water partition coefficient (Wildman–Crippen LogP) is 3.62. The first-order chi connectivity index (χ1) is 18.8. The fourth-order valence-electron chi connectivity index (χ4n) is 3.77. The molecule has 1 heterocycles. The van der Waals surface area contributed by atoms with Crippen LogP contribution in [0.1, 0.15) is 44.1 Å². The van der Waals surface area contributed by atoms with E-state index in [1.807, 2.05) is 55.8 Å². The van der Waals surface area contributed by atoms with Gasteiger partial charge in [-0.05, 0) is 29.9 Å². The monoisotopic (exact) mass is 543 g/mol. The second-order valence-electron chi connectivity index (χ2n) is 9.87. The Morgan fingerprint density at radius 2 is 1.79 bits per heavy atom. The van der Waals surface area contributed by atoms with Crippen molar-refractivity contribution in [1.29, 1.82) is 0 Å². The summed E-state index contributed by atoms with van der Waals surface area (Å²) < 4.78 is 18.0. The van der Waals surface area contributed by atoms with Crippen molar-refractivity contribution >= 4 is 22.7 Å². The quantitative estimate of drug-likeness (QED) is 0.0907. The summed E-state index contributed by atoms with van der Waals surface area (Å²) in [5.41, 5.74) is 8.83. The Balaban J connectivity index is 1.81. The molecule has 0 fully saturated rings. The smallest absolute Gasteiger partial charge is 0.273 e. The highest BCUT2D eigenvalue weighted by molar-refractivity contribution is 6.06. The molecular weight excluding hydrogens is 502 g/mol. The highest BCUT2D eigenvalue weighted by atomic mass is 16.5. The number of rotatable bonds is 19. The molecule has 0 aliphatic rings. The molecule has 2 aromatic rings. The van der Waals surface area contributed by atoms with Gasteiger partial charge in [0.15, 0.2) is 5.69 Å². The van der Waals surface area contributed by atoms with Crippen molar-refractivity contribution < 1.29 is 23.8 Å². The van der Waals surface area contributed by atoms with Crippen LogP contribution in [0, 0.1) is 5.41 Å². The second kappa shape index (κ2) is 17.2. The number of hydrogen-bond donors (Lipinski definition) is 2. The summed E-state index contributed by atoms with van der Waals surface area (Å²) in [5.74, 6) is -0.679. The van der Waals surface area contributed by atoms with Gasteiger partial charge in [0.25, 0.3) is 5.91 Å². The van der Waals surface area contributed by atoms with Crippen LogP contribution in [0.4, 0.5) is 0 Å². The third kappa shape index (κ3) is 11.1. The predicted molar refractivity (Wildman–Crippen MR) is 149 cm³/mol. The van der Waals surface area contributed by atoms with Crippen molar-refractivity contribution in [2.75, 3.05) is 52.7 Å². The number of para-hydroxylation sites is 1. The van der Waals surface area contributed by atoms with Crippen molar-refractivity contribution in [3.8, 4) is 0 Å². The molecular formula is C27H41N7O5. The molecule has 1 aromatic heterocycles. The highest BCUT2D eigenvalue weighted by Gasteiger charge is 2.33. The number of allylic oxidation sites excluding steroid dienone is 1. The standard InChI is InChI=1S/C27H41N7O5/c1-5-6-9-14-34-22-11-8-7-10-21(22)23(32-34)25(35)31-24(27(2,3)4)26(36)29-12-15-37-17-19-39-20-18-38-16-13-30-33-28/h5,7-8,10-11,24H,1,6,9,12-20H2,2-4H3,(H,29,36)(H,31,35)/t24-/m1/s1. The average molecular weight is 544 g/mol. The van der Waals surface area contributed by atoms with E-state index < -0.39 is 11.5 Å². The number of hydrogen-bond acceptors (Lipinski definition) is 7.